The third-order valence-corrected chi connectivity index (χ3v) is 1.89. The van der Waals surface area contributed by atoms with Gasteiger partial charge in [0.05, 0.1) is 0 Å². The standard InChI is InChI=1S/C9H9N2O2/c1-7-9(10-13-11(7)12)8-5-3-2-4-6-8/h2-6,12H,1H3/q+1. The maximum Gasteiger partial charge on any atom is 0.280 e. The van der Waals surface area contributed by atoms with Crippen molar-refractivity contribution in [1.29, 1.82) is 0 Å². The summed E-state index contributed by atoms with van der Waals surface area (Å²) in [5, 5.41) is 12.8. The first-order chi connectivity index (χ1) is 6.29. The second-order valence-corrected chi connectivity index (χ2v) is 2.75. The minimum atomic E-state index is 0.589. The summed E-state index contributed by atoms with van der Waals surface area (Å²) in [6, 6.07) is 9.55. The van der Waals surface area contributed by atoms with E-state index in [4.69, 9.17) is 5.21 Å². The Morgan fingerprint density at radius 3 is 2.54 bits per heavy atom. The van der Waals surface area contributed by atoms with Crippen molar-refractivity contribution in [2.45, 2.75) is 6.92 Å². The lowest BCUT2D eigenvalue weighted by Gasteiger charge is -1.88. The van der Waals surface area contributed by atoms with Gasteiger partial charge in [-0.25, -0.2) is 0 Å². The lowest BCUT2D eigenvalue weighted by Crippen LogP contribution is -2.29. The highest BCUT2D eigenvalue weighted by atomic mass is 16.8. The summed E-state index contributed by atoms with van der Waals surface area (Å²) in [5.41, 5.74) is 2.17. The molecular formula is C9H9N2O2+. The maximum absolute atomic E-state index is 9.09. The first-order valence-electron chi connectivity index (χ1n) is 3.92. The van der Waals surface area contributed by atoms with Crippen molar-refractivity contribution in [3.05, 3.63) is 36.0 Å². The Labute approximate surface area is 74.9 Å². The van der Waals surface area contributed by atoms with Crippen LogP contribution in [0.2, 0.25) is 0 Å². The molecule has 0 atom stereocenters. The van der Waals surface area contributed by atoms with Crippen LogP contribution in [0.1, 0.15) is 5.69 Å². The Hall–Kier alpha value is -1.84. The fourth-order valence-electron chi connectivity index (χ4n) is 1.15. The Morgan fingerprint density at radius 2 is 2.00 bits per heavy atom. The van der Waals surface area contributed by atoms with Crippen molar-refractivity contribution in [1.82, 2.24) is 5.16 Å². The van der Waals surface area contributed by atoms with Crippen LogP contribution < -0.4 is 4.90 Å². The Morgan fingerprint density at radius 1 is 1.31 bits per heavy atom. The molecule has 0 radical (unpaired) electrons. The van der Waals surface area contributed by atoms with E-state index in [1.807, 2.05) is 30.3 Å². The zero-order chi connectivity index (χ0) is 9.26. The van der Waals surface area contributed by atoms with E-state index in [-0.39, 0.29) is 0 Å². The van der Waals surface area contributed by atoms with Gasteiger partial charge in [0.15, 0.2) is 5.16 Å². The normalized spacial score (nSPS) is 10.2. The third kappa shape index (κ3) is 1.26. The molecular weight excluding hydrogens is 168 g/mol. The van der Waals surface area contributed by atoms with Crippen LogP contribution in [0.3, 0.4) is 0 Å². The zero-order valence-corrected chi connectivity index (χ0v) is 7.14. The molecule has 1 aromatic heterocycles. The van der Waals surface area contributed by atoms with E-state index in [1.165, 1.54) is 0 Å². The molecule has 0 saturated heterocycles. The van der Waals surface area contributed by atoms with Crippen LogP contribution in [0.4, 0.5) is 0 Å². The maximum atomic E-state index is 9.09. The molecule has 0 aliphatic carbocycles. The molecule has 0 bridgehead atoms. The van der Waals surface area contributed by atoms with Crippen LogP contribution >= 0.6 is 0 Å². The summed E-state index contributed by atoms with van der Waals surface area (Å²) < 4.78 is 4.57. The molecule has 1 aromatic carbocycles. The van der Waals surface area contributed by atoms with E-state index in [9.17, 15) is 0 Å². The van der Waals surface area contributed by atoms with Crippen LogP contribution in [0.5, 0.6) is 0 Å². The van der Waals surface area contributed by atoms with Crippen LogP contribution in [0, 0.1) is 6.92 Å². The molecule has 0 aliphatic heterocycles. The van der Waals surface area contributed by atoms with E-state index in [2.05, 4.69) is 9.79 Å². The second-order valence-electron chi connectivity index (χ2n) is 2.75. The van der Waals surface area contributed by atoms with E-state index in [1.54, 1.807) is 6.92 Å². The molecule has 2 aromatic rings. The minimum Gasteiger partial charge on any atom is -0.317 e. The van der Waals surface area contributed by atoms with E-state index in [0.717, 1.165) is 5.56 Å². The van der Waals surface area contributed by atoms with Gasteiger partial charge < -0.3 is 5.21 Å². The molecule has 0 aliphatic rings. The topological polar surface area (TPSA) is 50.1 Å². The zero-order valence-electron chi connectivity index (χ0n) is 7.14. The van der Waals surface area contributed by atoms with E-state index < -0.39 is 0 Å². The number of aromatic nitrogens is 2. The predicted octanol–water partition coefficient (Wildman–Crippen LogP) is 1.17. The monoisotopic (exact) mass is 177 g/mol. The Balaban J connectivity index is 2.53. The number of benzene rings is 1. The van der Waals surface area contributed by atoms with E-state index >= 15 is 0 Å². The highest BCUT2D eigenvalue weighted by Gasteiger charge is 2.20. The van der Waals surface area contributed by atoms with E-state index in [0.29, 0.717) is 16.3 Å². The Kier molecular flexibility index (Phi) is 1.73. The smallest absolute Gasteiger partial charge is 0.280 e. The van der Waals surface area contributed by atoms with Crippen LogP contribution in [0.15, 0.2) is 35.0 Å². The van der Waals surface area contributed by atoms with Gasteiger partial charge in [-0.05, 0) is 4.63 Å². The van der Waals surface area contributed by atoms with Crippen LogP contribution in [-0.4, -0.2) is 10.4 Å². The van der Waals surface area contributed by atoms with Gasteiger partial charge in [0.1, 0.15) is 4.90 Å². The fraction of sp³-hybridized carbons (Fsp3) is 0.111. The van der Waals surface area contributed by atoms with Gasteiger partial charge in [0.2, 0.25) is 5.69 Å². The summed E-state index contributed by atoms with van der Waals surface area (Å²) in [4.78, 5) is 0.655. The summed E-state index contributed by atoms with van der Waals surface area (Å²) >= 11 is 0. The van der Waals surface area contributed by atoms with Crippen molar-refractivity contribution in [2.24, 2.45) is 0 Å². The van der Waals surface area contributed by atoms with Gasteiger partial charge in [-0.15, -0.1) is 0 Å². The molecule has 0 fully saturated rings. The molecule has 1 heterocycles. The first kappa shape index (κ1) is 7.79. The minimum absolute atomic E-state index is 0.589. The van der Waals surface area contributed by atoms with Crippen LogP contribution in [-0.2, 0) is 0 Å². The molecule has 4 heteroatoms. The number of hydrogen-bond acceptors (Lipinski definition) is 3. The number of nitrogens with zero attached hydrogens (tertiary/aromatic N) is 2. The van der Waals surface area contributed by atoms with Gasteiger partial charge >= 0.3 is 0 Å². The SMILES string of the molecule is Cc1c(-c2ccccc2)no[n+]1O. The summed E-state index contributed by atoms with van der Waals surface area (Å²) in [6.07, 6.45) is 0. The lowest BCUT2D eigenvalue weighted by atomic mass is 10.1. The molecule has 13 heavy (non-hydrogen) atoms. The molecule has 0 amide bonds. The summed E-state index contributed by atoms with van der Waals surface area (Å²) in [6.45, 7) is 1.73. The van der Waals surface area contributed by atoms with Crippen molar-refractivity contribution in [2.75, 3.05) is 0 Å². The number of hydrogen-bond donors (Lipinski definition) is 1. The van der Waals surface area contributed by atoms with Crippen LogP contribution in [0.25, 0.3) is 11.3 Å². The molecule has 2 rings (SSSR count). The molecule has 0 unspecified atom stereocenters. The predicted molar refractivity (Wildman–Crippen MR) is 44.1 cm³/mol. The molecule has 4 nitrogen and oxygen atoms in total. The highest BCUT2D eigenvalue weighted by molar-refractivity contribution is 5.59. The van der Waals surface area contributed by atoms with Crippen molar-refractivity contribution in [3.8, 4) is 11.3 Å². The molecule has 66 valence electrons. The van der Waals surface area contributed by atoms with Gasteiger partial charge in [0.25, 0.3) is 5.69 Å². The highest BCUT2D eigenvalue weighted by Crippen LogP contribution is 2.17. The summed E-state index contributed by atoms with van der Waals surface area (Å²) in [7, 11) is 0. The van der Waals surface area contributed by atoms with Gasteiger partial charge in [-0.3, -0.25) is 0 Å². The number of rotatable bonds is 1. The molecule has 1 N–H and O–H groups in total. The average Bonchev–Trinajstić information content (AvgIpc) is 2.49. The Bertz CT molecular complexity index is 409. The van der Waals surface area contributed by atoms with Crippen molar-refractivity contribution < 1.29 is 14.7 Å². The van der Waals surface area contributed by atoms with Gasteiger partial charge in [-0.2, -0.15) is 0 Å². The van der Waals surface area contributed by atoms with Crippen molar-refractivity contribution in [3.63, 3.8) is 0 Å². The first-order valence-corrected chi connectivity index (χ1v) is 3.92. The quantitative estimate of drug-likeness (QED) is 0.665. The largest absolute Gasteiger partial charge is 0.317 e. The third-order valence-electron chi connectivity index (χ3n) is 1.89. The van der Waals surface area contributed by atoms with Crippen molar-refractivity contribution >= 4 is 0 Å². The molecule has 0 spiro atoms. The van der Waals surface area contributed by atoms with Gasteiger partial charge in [0, 0.05) is 12.5 Å². The second kappa shape index (κ2) is 2.90. The fourth-order valence-corrected chi connectivity index (χ4v) is 1.15. The summed E-state index contributed by atoms with van der Waals surface area (Å²) in [5.74, 6) is 0. The lowest BCUT2D eigenvalue weighted by molar-refractivity contribution is -1.04. The van der Waals surface area contributed by atoms with Gasteiger partial charge in [-0.1, -0.05) is 30.3 Å². The molecule has 0 saturated carbocycles. The average molecular weight is 177 g/mol.